The molecule has 0 radical (unpaired) electrons. The van der Waals surface area contributed by atoms with Gasteiger partial charge in [-0.3, -0.25) is 14.9 Å². The first-order valence-corrected chi connectivity index (χ1v) is 10.8. The third-order valence-corrected chi connectivity index (χ3v) is 6.09. The molecule has 1 saturated heterocycles. The molecule has 0 unspecified atom stereocenters. The first-order chi connectivity index (χ1) is 15.6. The zero-order chi connectivity index (χ0) is 24.0. The van der Waals surface area contributed by atoms with Crippen molar-refractivity contribution in [1.82, 2.24) is 9.88 Å². The third-order valence-electron chi connectivity index (χ3n) is 6.09. The monoisotopic (exact) mass is 441 g/mol. The summed E-state index contributed by atoms with van der Waals surface area (Å²) >= 11 is 0. The van der Waals surface area contributed by atoms with Crippen LogP contribution in [0.1, 0.15) is 39.2 Å². The molecule has 168 valence electrons. The van der Waals surface area contributed by atoms with Gasteiger partial charge in [0.05, 0.1) is 5.69 Å². The smallest absolute Gasteiger partial charge is 0.318 e. The van der Waals surface area contributed by atoms with Crippen LogP contribution in [-0.4, -0.2) is 22.4 Å². The minimum Gasteiger partial charge on any atom is -0.318 e. The highest BCUT2D eigenvalue weighted by Crippen LogP contribution is 2.27. The third kappa shape index (κ3) is 4.00. The number of carbonyl (C=O) groups excluding carboxylic acids is 3. The molecule has 1 N–H and O–H groups in total. The summed E-state index contributed by atoms with van der Waals surface area (Å²) in [5, 5.41) is 2.31. The van der Waals surface area contributed by atoms with Crippen LogP contribution in [0.3, 0.4) is 0 Å². The number of barbiturate groups is 1. The number of carbonyl (C=O) groups is 3. The van der Waals surface area contributed by atoms with E-state index in [1.54, 1.807) is 18.2 Å². The SMILES string of the molecule is Cc1cc(C)cc(N2C(=O)NC(=O)/C(=C\c3cc(C)n(-c4ccc(C)c(C)c4)c3C)C2=O)c1. The van der Waals surface area contributed by atoms with Crippen LogP contribution in [0, 0.1) is 41.5 Å². The Morgan fingerprint density at radius 1 is 0.758 bits per heavy atom. The van der Waals surface area contributed by atoms with Gasteiger partial charge in [0.15, 0.2) is 0 Å². The summed E-state index contributed by atoms with van der Waals surface area (Å²) in [6.45, 7) is 11.9. The maximum atomic E-state index is 13.3. The van der Waals surface area contributed by atoms with Gasteiger partial charge < -0.3 is 4.57 Å². The Bertz CT molecular complexity index is 1340. The van der Waals surface area contributed by atoms with Crippen molar-refractivity contribution in [3.8, 4) is 5.69 Å². The lowest BCUT2D eigenvalue weighted by molar-refractivity contribution is -0.122. The number of urea groups is 1. The molecule has 1 aliphatic rings. The lowest BCUT2D eigenvalue weighted by Gasteiger charge is -2.27. The highest BCUT2D eigenvalue weighted by atomic mass is 16.2. The molecule has 0 spiro atoms. The second-order valence-electron chi connectivity index (χ2n) is 8.73. The molecule has 6 heteroatoms. The molecular formula is C27H27N3O3. The van der Waals surface area contributed by atoms with Crippen molar-refractivity contribution in [2.75, 3.05) is 4.90 Å². The summed E-state index contributed by atoms with van der Waals surface area (Å²) in [4.78, 5) is 39.5. The first kappa shape index (κ1) is 22.3. The largest absolute Gasteiger partial charge is 0.335 e. The second-order valence-corrected chi connectivity index (χ2v) is 8.73. The minimum atomic E-state index is -0.743. The topological polar surface area (TPSA) is 71.4 Å². The number of hydrogen-bond donors (Lipinski definition) is 1. The average molecular weight is 442 g/mol. The van der Waals surface area contributed by atoms with Gasteiger partial charge in [-0.15, -0.1) is 0 Å². The predicted molar refractivity (Wildman–Crippen MR) is 130 cm³/mol. The van der Waals surface area contributed by atoms with E-state index >= 15 is 0 Å². The van der Waals surface area contributed by atoms with Gasteiger partial charge in [0, 0.05) is 17.1 Å². The van der Waals surface area contributed by atoms with E-state index in [0.717, 1.165) is 38.7 Å². The molecule has 2 heterocycles. The van der Waals surface area contributed by atoms with Crippen LogP contribution >= 0.6 is 0 Å². The number of aromatic nitrogens is 1. The highest BCUT2D eigenvalue weighted by Gasteiger charge is 2.37. The van der Waals surface area contributed by atoms with E-state index in [0.29, 0.717) is 5.69 Å². The number of benzene rings is 2. The van der Waals surface area contributed by atoms with Crippen LogP contribution in [0.2, 0.25) is 0 Å². The number of imide groups is 2. The molecule has 6 nitrogen and oxygen atoms in total. The van der Waals surface area contributed by atoms with Crippen molar-refractivity contribution in [2.24, 2.45) is 0 Å². The number of nitrogens with zero attached hydrogens (tertiary/aromatic N) is 2. The lowest BCUT2D eigenvalue weighted by Crippen LogP contribution is -2.54. The van der Waals surface area contributed by atoms with Gasteiger partial charge in [-0.05, 0) is 106 Å². The van der Waals surface area contributed by atoms with E-state index in [1.165, 1.54) is 11.1 Å². The molecular weight excluding hydrogens is 414 g/mol. The number of anilines is 1. The van der Waals surface area contributed by atoms with Crippen LogP contribution in [0.5, 0.6) is 0 Å². The van der Waals surface area contributed by atoms with Crippen molar-refractivity contribution in [3.05, 3.63) is 87.2 Å². The normalized spacial score (nSPS) is 15.4. The Morgan fingerprint density at radius 3 is 2.06 bits per heavy atom. The van der Waals surface area contributed by atoms with Crippen molar-refractivity contribution in [2.45, 2.75) is 41.5 Å². The van der Waals surface area contributed by atoms with Crippen molar-refractivity contribution in [3.63, 3.8) is 0 Å². The summed E-state index contributed by atoms with van der Waals surface area (Å²) in [7, 11) is 0. The zero-order valence-electron chi connectivity index (χ0n) is 19.7. The molecule has 2 aromatic carbocycles. The fourth-order valence-corrected chi connectivity index (χ4v) is 4.32. The number of aryl methyl sites for hydroxylation is 5. The molecule has 0 aliphatic carbocycles. The maximum absolute atomic E-state index is 13.3. The van der Waals surface area contributed by atoms with E-state index in [9.17, 15) is 14.4 Å². The second kappa shape index (κ2) is 8.20. The Labute approximate surface area is 193 Å². The number of rotatable bonds is 3. The van der Waals surface area contributed by atoms with Crippen LogP contribution in [0.4, 0.5) is 10.5 Å². The molecule has 1 fully saturated rings. The summed E-state index contributed by atoms with van der Waals surface area (Å²) in [6.07, 6.45) is 1.57. The summed E-state index contributed by atoms with van der Waals surface area (Å²) in [6, 6.07) is 12.9. The molecule has 1 aliphatic heterocycles. The Balaban J connectivity index is 1.78. The van der Waals surface area contributed by atoms with Crippen molar-refractivity contribution >= 4 is 29.6 Å². The highest BCUT2D eigenvalue weighted by molar-refractivity contribution is 6.39. The van der Waals surface area contributed by atoms with Gasteiger partial charge >= 0.3 is 6.03 Å². The van der Waals surface area contributed by atoms with E-state index in [1.807, 2.05) is 39.8 Å². The Hall–Kier alpha value is -3.93. The van der Waals surface area contributed by atoms with Gasteiger partial charge in [-0.2, -0.15) is 0 Å². The van der Waals surface area contributed by atoms with E-state index in [2.05, 4.69) is 41.9 Å². The Morgan fingerprint density at radius 2 is 1.42 bits per heavy atom. The Kier molecular flexibility index (Phi) is 5.54. The van der Waals surface area contributed by atoms with Gasteiger partial charge in [-0.1, -0.05) is 12.1 Å². The van der Waals surface area contributed by atoms with Crippen LogP contribution < -0.4 is 10.2 Å². The van der Waals surface area contributed by atoms with Gasteiger partial charge in [0.25, 0.3) is 11.8 Å². The predicted octanol–water partition coefficient (Wildman–Crippen LogP) is 4.99. The van der Waals surface area contributed by atoms with Gasteiger partial charge in [0.2, 0.25) is 0 Å². The number of nitrogens with one attached hydrogen (secondary N) is 1. The van der Waals surface area contributed by atoms with Crippen molar-refractivity contribution in [1.29, 1.82) is 0 Å². The molecule has 4 rings (SSSR count). The molecule has 4 amide bonds. The fourth-order valence-electron chi connectivity index (χ4n) is 4.32. The quantitative estimate of drug-likeness (QED) is 0.460. The van der Waals surface area contributed by atoms with Crippen LogP contribution in [-0.2, 0) is 9.59 Å². The van der Waals surface area contributed by atoms with Crippen LogP contribution in [0.15, 0.2) is 48.0 Å². The lowest BCUT2D eigenvalue weighted by atomic mass is 10.1. The van der Waals surface area contributed by atoms with Gasteiger partial charge in [-0.25, -0.2) is 9.69 Å². The number of hydrogen-bond acceptors (Lipinski definition) is 3. The zero-order valence-corrected chi connectivity index (χ0v) is 19.7. The minimum absolute atomic E-state index is 0.0749. The van der Waals surface area contributed by atoms with E-state index < -0.39 is 17.8 Å². The maximum Gasteiger partial charge on any atom is 0.335 e. The summed E-state index contributed by atoms with van der Waals surface area (Å²) in [5.41, 5.74) is 8.25. The van der Waals surface area contributed by atoms with E-state index in [4.69, 9.17) is 0 Å². The molecule has 0 saturated carbocycles. The molecule has 33 heavy (non-hydrogen) atoms. The van der Waals surface area contributed by atoms with E-state index in [-0.39, 0.29) is 5.57 Å². The van der Waals surface area contributed by atoms with Gasteiger partial charge in [0.1, 0.15) is 5.57 Å². The molecule has 0 bridgehead atoms. The molecule has 3 aromatic rings. The first-order valence-electron chi connectivity index (χ1n) is 10.8. The summed E-state index contributed by atoms with van der Waals surface area (Å²) < 4.78 is 2.09. The summed E-state index contributed by atoms with van der Waals surface area (Å²) in [5.74, 6) is -1.33. The van der Waals surface area contributed by atoms with Crippen LogP contribution in [0.25, 0.3) is 11.8 Å². The van der Waals surface area contributed by atoms with Crippen molar-refractivity contribution < 1.29 is 14.4 Å². The fraction of sp³-hybridized carbons (Fsp3) is 0.222. The number of amides is 4. The average Bonchev–Trinajstić information content (AvgIpc) is 2.99. The molecule has 1 aromatic heterocycles. The standard InChI is InChI=1S/C27H27N3O3/c1-15-9-16(2)11-23(10-15)30-26(32)24(25(31)28-27(30)33)14-21-13-19(5)29(20(21)6)22-8-7-17(3)18(4)12-22/h7-14H,1-6H3,(H,28,31,33)/b24-14+. The molecule has 0 atom stereocenters.